The van der Waals surface area contributed by atoms with E-state index in [9.17, 15) is 9.90 Å². The summed E-state index contributed by atoms with van der Waals surface area (Å²) in [6.45, 7) is 10.2. The zero-order valence-corrected chi connectivity index (χ0v) is 14.8. The third-order valence-corrected chi connectivity index (χ3v) is 4.06. The van der Waals surface area contributed by atoms with Crippen LogP contribution in [0.2, 0.25) is 0 Å². The van der Waals surface area contributed by atoms with Crippen LogP contribution in [-0.2, 0) is 4.79 Å². The number of allylic oxidation sites excluding steroid dienone is 8. The van der Waals surface area contributed by atoms with Gasteiger partial charge in [-0.15, -0.1) is 0 Å². The molecule has 23 heavy (non-hydrogen) atoms. The van der Waals surface area contributed by atoms with Gasteiger partial charge in [0.2, 0.25) is 0 Å². The number of hydrogen-bond donors (Lipinski definition) is 2. The van der Waals surface area contributed by atoms with Crippen LogP contribution < -0.4 is 0 Å². The van der Waals surface area contributed by atoms with Gasteiger partial charge in [-0.25, -0.2) is 4.79 Å². The first-order chi connectivity index (χ1) is 10.6. The lowest BCUT2D eigenvalue weighted by molar-refractivity contribution is -0.131. The Morgan fingerprint density at radius 3 is 2.43 bits per heavy atom. The minimum atomic E-state index is -0.933. The summed E-state index contributed by atoms with van der Waals surface area (Å²) >= 11 is 0. The highest BCUT2D eigenvalue weighted by atomic mass is 16.4. The number of aliphatic hydroxyl groups is 1. The summed E-state index contributed by atoms with van der Waals surface area (Å²) in [5, 5.41) is 18.6. The molecule has 0 aromatic heterocycles. The zero-order chi connectivity index (χ0) is 17.6. The number of aliphatic carboxylic acids is 1. The van der Waals surface area contributed by atoms with E-state index < -0.39 is 5.97 Å². The molecule has 1 aliphatic rings. The van der Waals surface area contributed by atoms with Crippen LogP contribution in [0.5, 0.6) is 0 Å². The number of rotatable bonds is 5. The monoisotopic (exact) mass is 316 g/mol. The summed E-state index contributed by atoms with van der Waals surface area (Å²) in [5.74, 6) is -0.933. The topological polar surface area (TPSA) is 57.5 Å². The van der Waals surface area contributed by atoms with Crippen molar-refractivity contribution >= 4 is 5.97 Å². The quantitative estimate of drug-likeness (QED) is 0.577. The molecular formula is C20H28O3. The first-order valence-electron chi connectivity index (χ1n) is 7.94. The Morgan fingerprint density at radius 2 is 1.87 bits per heavy atom. The van der Waals surface area contributed by atoms with E-state index in [-0.39, 0.29) is 11.5 Å². The molecular weight excluding hydrogens is 288 g/mol. The van der Waals surface area contributed by atoms with Gasteiger partial charge in [0, 0.05) is 6.08 Å². The molecule has 0 amide bonds. The van der Waals surface area contributed by atoms with Crippen LogP contribution in [0.4, 0.5) is 0 Å². The zero-order valence-electron chi connectivity index (χ0n) is 14.8. The molecule has 0 aliphatic heterocycles. The van der Waals surface area contributed by atoms with E-state index in [0.717, 1.165) is 18.4 Å². The smallest absolute Gasteiger partial charge is 0.328 e. The average molecular weight is 316 g/mol. The molecule has 0 aromatic rings. The number of carboxylic acids is 1. The van der Waals surface area contributed by atoms with Gasteiger partial charge in [0.05, 0.1) is 6.10 Å². The Kier molecular flexibility index (Phi) is 6.77. The van der Waals surface area contributed by atoms with E-state index in [1.807, 2.05) is 19.1 Å². The maximum atomic E-state index is 10.5. The lowest BCUT2D eigenvalue weighted by Crippen LogP contribution is -2.28. The summed E-state index contributed by atoms with van der Waals surface area (Å²) in [5.41, 5.74) is 4.31. The van der Waals surface area contributed by atoms with Crippen LogP contribution in [0.25, 0.3) is 0 Å². The van der Waals surface area contributed by atoms with Crippen molar-refractivity contribution in [3.63, 3.8) is 0 Å². The predicted molar refractivity (Wildman–Crippen MR) is 95.2 cm³/mol. The van der Waals surface area contributed by atoms with Gasteiger partial charge in [0.25, 0.3) is 0 Å². The van der Waals surface area contributed by atoms with Crippen molar-refractivity contribution in [3.8, 4) is 0 Å². The van der Waals surface area contributed by atoms with Crippen LogP contribution in [0.3, 0.4) is 0 Å². The fraction of sp³-hybridized carbons (Fsp3) is 0.450. The molecule has 0 radical (unpaired) electrons. The standard InChI is InChI=1S/C20H28O3/c1-14(7-6-8-15(2)11-19(22)23)9-10-18-16(3)12-17(21)13-20(18,4)5/h6-11,17,21H,12-13H2,1-5H3,(H,22,23)/b8-6+,10-9+,14-7+,15-11-. The fourth-order valence-electron chi connectivity index (χ4n) is 3.04. The molecule has 0 saturated heterocycles. The third kappa shape index (κ3) is 6.41. The molecule has 126 valence electrons. The van der Waals surface area contributed by atoms with E-state index in [0.29, 0.717) is 5.57 Å². The highest BCUT2D eigenvalue weighted by Crippen LogP contribution is 2.40. The van der Waals surface area contributed by atoms with Crippen LogP contribution >= 0.6 is 0 Å². The summed E-state index contributed by atoms with van der Waals surface area (Å²) < 4.78 is 0. The van der Waals surface area contributed by atoms with Crippen molar-refractivity contribution in [1.29, 1.82) is 0 Å². The first-order valence-corrected chi connectivity index (χ1v) is 7.94. The van der Waals surface area contributed by atoms with Gasteiger partial charge in [-0.2, -0.15) is 0 Å². The number of hydrogen-bond acceptors (Lipinski definition) is 2. The van der Waals surface area contributed by atoms with Crippen molar-refractivity contribution in [1.82, 2.24) is 0 Å². The molecule has 0 heterocycles. The van der Waals surface area contributed by atoms with Gasteiger partial charge in [-0.1, -0.05) is 55.4 Å². The van der Waals surface area contributed by atoms with E-state index in [1.54, 1.807) is 13.0 Å². The Balaban J connectivity index is 2.84. The van der Waals surface area contributed by atoms with Gasteiger partial charge in [-0.05, 0) is 50.2 Å². The number of carboxylic acid groups (broad SMARTS) is 1. The second-order valence-electron chi connectivity index (χ2n) is 6.97. The highest BCUT2D eigenvalue weighted by molar-refractivity contribution is 5.81. The van der Waals surface area contributed by atoms with Crippen molar-refractivity contribution < 1.29 is 15.0 Å². The maximum absolute atomic E-state index is 10.5. The van der Waals surface area contributed by atoms with Crippen LogP contribution in [-0.4, -0.2) is 22.3 Å². The second kappa shape index (κ2) is 8.11. The van der Waals surface area contributed by atoms with Gasteiger partial charge >= 0.3 is 5.97 Å². The van der Waals surface area contributed by atoms with E-state index in [4.69, 9.17) is 5.11 Å². The maximum Gasteiger partial charge on any atom is 0.328 e. The van der Waals surface area contributed by atoms with Crippen molar-refractivity contribution in [3.05, 3.63) is 58.7 Å². The predicted octanol–water partition coefficient (Wildman–Crippen LogP) is 4.57. The van der Waals surface area contributed by atoms with Crippen LogP contribution in [0, 0.1) is 5.41 Å². The molecule has 0 bridgehead atoms. The molecule has 2 N–H and O–H groups in total. The molecule has 3 nitrogen and oxygen atoms in total. The van der Waals surface area contributed by atoms with Crippen molar-refractivity contribution in [2.45, 2.75) is 53.6 Å². The Hall–Kier alpha value is -1.87. The average Bonchev–Trinajstić information content (AvgIpc) is 2.35. The van der Waals surface area contributed by atoms with Crippen LogP contribution in [0.15, 0.2) is 58.7 Å². The molecule has 3 heteroatoms. The first kappa shape index (κ1) is 19.2. The van der Waals surface area contributed by atoms with Gasteiger partial charge in [-0.3, -0.25) is 0 Å². The van der Waals surface area contributed by atoms with E-state index in [2.05, 4.69) is 32.9 Å². The number of aliphatic hydroxyl groups excluding tert-OH is 1. The minimum Gasteiger partial charge on any atom is -0.478 e. The minimum absolute atomic E-state index is 0.0187. The molecule has 1 unspecified atom stereocenters. The Morgan fingerprint density at radius 1 is 1.22 bits per heavy atom. The van der Waals surface area contributed by atoms with E-state index >= 15 is 0 Å². The highest BCUT2D eigenvalue weighted by Gasteiger charge is 2.31. The Bertz CT molecular complexity index is 598. The second-order valence-corrected chi connectivity index (χ2v) is 6.97. The molecule has 0 fully saturated rings. The summed E-state index contributed by atoms with van der Waals surface area (Å²) in [6.07, 6.45) is 12.2. The molecule has 0 spiro atoms. The lowest BCUT2D eigenvalue weighted by Gasteiger charge is -2.35. The van der Waals surface area contributed by atoms with Gasteiger partial charge in [0.1, 0.15) is 0 Å². The summed E-state index contributed by atoms with van der Waals surface area (Å²) in [7, 11) is 0. The lowest BCUT2D eigenvalue weighted by atomic mass is 9.71. The molecule has 1 aliphatic carbocycles. The summed E-state index contributed by atoms with van der Waals surface area (Å²) in [4.78, 5) is 10.5. The molecule has 0 aromatic carbocycles. The number of carbonyl (C=O) groups is 1. The van der Waals surface area contributed by atoms with Gasteiger partial charge in [0.15, 0.2) is 0 Å². The molecule has 1 atom stereocenters. The molecule has 1 rings (SSSR count). The fourth-order valence-corrected chi connectivity index (χ4v) is 3.04. The Labute approximate surface area is 139 Å². The SMILES string of the molecule is CC1=C(/C=C/C(C)=C/C=C/C(C)=C\C(=O)O)C(C)(C)CC(O)C1. The van der Waals surface area contributed by atoms with Crippen molar-refractivity contribution in [2.24, 2.45) is 5.41 Å². The largest absolute Gasteiger partial charge is 0.478 e. The van der Waals surface area contributed by atoms with Crippen molar-refractivity contribution in [2.75, 3.05) is 0 Å². The normalized spacial score (nSPS) is 23.1. The van der Waals surface area contributed by atoms with Gasteiger partial charge < -0.3 is 10.2 Å². The molecule has 0 saturated carbocycles. The summed E-state index contributed by atoms with van der Waals surface area (Å²) in [6, 6.07) is 0. The van der Waals surface area contributed by atoms with E-state index in [1.165, 1.54) is 17.2 Å². The van der Waals surface area contributed by atoms with Crippen LogP contribution in [0.1, 0.15) is 47.5 Å². The third-order valence-electron chi connectivity index (χ3n) is 4.06.